The van der Waals surface area contributed by atoms with Gasteiger partial charge in [0.05, 0.1) is 4.92 Å². The molecule has 0 bridgehead atoms. The van der Waals surface area contributed by atoms with E-state index in [0.717, 1.165) is 18.4 Å². The summed E-state index contributed by atoms with van der Waals surface area (Å²) in [6.45, 7) is 0. The lowest BCUT2D eigenvalue weighted by Gasteiger charge is -2.34. The number of hydrogen-bond acceptors (Lipinski definition) is 2. The van der Waals surface area contributed by atoms with Crippen molar-refractivity contribution >= 4 is 21.6 Å². The lowest BCUT2D eigenvalue weighted by molar-refractivity contribution is -0.384. The van der Waals surface area contributed by atoms with E-state index in [0.29, 0.717) is 10.7 Å². The van der Waals surface area contributed by atoms with Crippen LogP contribution in [-0.2, 0) is 12.8 Å². The molecule has 4 heteroatoms. The van der Waals surface area contributed by atoms with E-state index in [1.54, 1.807) is 12.1 Å². The van der Waals surface area contributed by atoms with Gasteiger partial charge < -0.3 is 0 Å². The fourth-order valence-electron chi connectivity index (χ4n) is 2.74. The largest absolute Gasteiger partial charge is 0.269 e. The van der Waals surface area contributed by atoms with Gasteiger partial charge in [-0.25, -0.2) is 0 Å². The Hall–Kier alpha value is -1.68. The van der Waals surface area contributed by atoms with Crippen molar-refractivity contribution in [3.05, 3.63) is 75.3 Å². The second-order valence-corrected chi connectivity index (χ2v) is 6.33. The summed E-state index contributed by atoms with van der Waals surface area (Å²) in [5.41, 5.74) is 4.14. The van der Waals surface area contributed by atoms with E-state index in [2.05, 4.69) is 40.2 Å². The number of nitrogens with zero attached hydrogens (tertiary/aromatic N) is 1. The number of halogens is 1. The van der Waals surface area contributed by atoms with Crippen molar-refractivity contribution < 1.29 is 4.92 Å². The number of hydrogen-bond donors (Lipinski definition) is 0. The Labute approximate surface area is 125 Å². The maximum absolute atomic E-state index is 10.6. The molecule has 0 saturated heterocycles. The molecule has 0 saturated carbocycles. The summed E-state index contributed by atoms with van der Waals surface area (Å²) in [7, 11) is 0. The highest BCUT2D eigenvalue weighted by Gasteiger charge is 2.31. The summed E-state index contributed by atoms with van der Waals surface area (Å²) in [5.74, 6) is 0.543. The molecule has 2 unspecified atom stereocenters. The molecule has 2 atom stereocenters. The summed E-state index contributed by atoms with van der Waals surface area (Å²) in [4.78, 5) is 10.6. The standard InChI is InChI=1S/C16H14BrNO2/c17-16(15-10-12-3-1-2-4-14(12)15)9-11-5-7-13(8-6-11)18(19)20/h1-8,15-16H,9-10H2. The van der Waals surface area contributed by atoms with Crippen LogP contribution in [0.4, 0.5) is 5.69 Å². The second-order valence-electron chi connectivity index (χ2n) is 5.15. The molecule has 2 aromatic rings. The summed E-state index contributed by atoms with van der Waals surface area (Å²) >= 11 is 3.77. The van der Waals surface area contributed by atoms with Crippen molar-refractivity contribution in [2.45, 2.75) is 23.6 Å². The molecule has 0 fully saturated rings. The zero-order chi connectivity index (χ0) is 14.1. The molecule has 0 spiro atoms. The number of alkyl halides is 1. The summed E-state index contributed by atoms with van der Waals surface area (Å²) in [6.07, 6.45) is 2.00. The van der Waals surface area contributed by atoms with Crippen LogP contribution in [0.5, 0.6) is 0 Å². The lowest BCUT2D eigenvalue weighted by atomic mass is 9.75. The molecule has 0 radical (unpaired) electrons. The Bertz CT molecular complexity index is 639. The molecule has 20 heavy (non-hydrogen) atoms. The molecular formula is C16H14BrNO2. The molecule has 0 amide bonds. The summed E-state index contributed by atoms with van der Waals surface area (Å²) in [5, 5.41) is 10.6. The number of nitro groups is 1. The predicted molar refractivity (Wildman–Crippen MR) is 82.4 cm³/mol. The Morgan fingerprint density at radius 1 is 1.20 bits per heavy atom. The van der Waals surface area contributed by atoms with E-state index in [9.17, 15) is 10.1 Å². The van der Waals surface area contributed by atoms with Gasteiger partial charge in [0.2, 0.25) is 0 Å². The Morgan fingerprint density at radius 2 is 1.90 bits per heavy atom. The SMILES string of the molecule is O=[N+]([O-])c1ccc(CC(Br)C2Cc3ccccc32)cc1. The molecule has 102 valence electrons. The Morgan fingerprint density at radius 3 is 2.55 bits per heavy atom. The van der Waals surface area contributed by atoms with Crippen LogP contribution >= 0.6 is 15.9 Å². The van der Waals surface area contributed by atoms with Gasteiger partial charge in [0, 0.05) is 22.9 Å². The third-order valence-electron chi connectivity index (χ3n) is 3.91. The van der Waals surface area contributed by atoms with Gasteiger partial charge in [-0.15, -0.1) is 0 Å². The van der Waals surface area contributed by atoms with E-state index in [-0.39, 0.29) is 10.6 Å². The van der Waals surface area contributed by atoms with Crippen LogP contribution in [0.15, 0.2) is 48.5 Å². The normalized spacial score (nSPS) is 17.9. The van der Waals surface area contributed by atoms with Crippen LogP contribution < -0.4 is 0 Å². The number of rotatable bonds is 4. The third-order valence-corrected chi connectivity index (χ3v) is 4.87. The summed E-state index contributed by atoms with van der Waals surface area (Å²) < 4.78 is 0. The topological polar surface area (TPSA) is 43.1 Å². The Balaban J connectivity index is 1.68. The number of nitro benzene ring substituents is 1. The van der Waals surface area contributed by atoms with Crippen molar-refractivity contribution in [2.75, 3.05) is 0 Å². The molecule has 3 nitrogen and oxygen atoms in total. The molecule has 0 N–H and O–H groups in total. The fraction of sp³-hybridized carbons (Fsp3) is 0.250. The quantitative estimate of drug-likeness (QED) is 0.477. The average molecular weight is 332 g/mol. The molecule has 2 aromatic carbocycles. The number of benzene rings is 2. The highest BCUT2D eigenvalue weighted by molar-refractivity contribution is 9.09. The van der Waals surface area contributed by atoms with Gasteiger partial charge in [-0.05, 0) is 29.5 Å². The van der Waals surface area contributed by atoms with Gasteiger partial charge in [-0.2, -0.15) is 0 Å². The smallest absolute Gasteiger partial charge is 0.258 e. The van der Waals surface area contributed by atoms with E-state index < -0.39 is 0 Å². The first-order valence-electron chi connectivity index (χ1n) is 6.60. The maximum atomic E-state index is 10.6. The van der Waals surface area contributed by atoms with Crippen molar-refractivity contribution in [3.63, 3.8) is 0 Å². The molecule has 3 rings (SSSR count). The van der Waals surface area contributed by atoms with Crippen molar-refractivity contribution in [1.29, 1.82) is 0 Å². The molecule has 0 aliphatic heterocycles. The van der Waals surface area contributed by atoms with Crippen LogP contribution in [-0.4, -0.2) is 9.75 Å². The van der Waals surface area contributed by atoms with E-state index in [4.69, 9.17) is 0 Å². The van der Waals surface area contributed by atoms with Crippen molar-refractivity contribution in [3.8, 4) is 0 Å². The first-order chi connectivity index (χ1) is 9.65. The van der Waals surface area contributed by atoms with Crippen LogP contribution in [0.25, 0.3) is 0 Å². The molecule has 0 heterocycles. The molecule has 0 aromatic heterocycles. The van der Waals surface area contributed by atoms with Gasteiger partial charge >= 0.3 is 0 Å². The van der Waals surface area contributed by atoms with Crippen LogP contribution in [0, 0.1) is 10.1 Å². The second kappa shape index (κ2) is 5.37. The minimum Gasteiger partial charge on any atom is -0.258 e. The van der Waals surface area contributed by atoms with Gasteiger partial charge in [0.25, 0.3) is 5.69 Å². The maximum Gasteiger partial charge on any atom is 0.269 e. The minimum atomic E-state index is -0.364. The summed E-state index contributed by atoms with van der Waals surface area (Å²) in [6, 6.07) is 15.4. The third kappa shape index (κ3) is 2.48. The van der Waals surface area contributed by atoms with E-state index in [1.165, 1.54) is 11.1 Å². The highest BCUT2D eigenvalue weighted by atomic mass is 79.9. The first-order valence-corrected chi connectivity index (χ1v) is 7.52. The average Bonchev–Trinajstić information content (AvgIpc) is 2.41. The van der Waals surface area contributed by atoms with Crippen LogP contribution in [0.3, 0.4) is 0 Å². The minimum absolute atomic E-state index is 0.147. The Kier molecular flexibility index (Phi) is 3.57. The highest BCUT2D eigenvalue weighted by Crippen LogP contribution is 2.41. The van der Waals surface area contributed by atoms with E-state index >= 15 is 0 Å². The molecule has 1 aliphatic rings. The van der Waals surface area contributed by atoms with Gasteiger partial charge in [-0.1, -0.05) is 52.3 Å². The fourth-order valence-corrected chi connectivity index (χ4v) is 3.59. The van der Waals surface area contributed by atoms with Crippen LogP contribution in [0.1, 0.15) is 22.6 Å². The molecule has 1 aliphatic carbocycles. The zero-order valence-corrected chi connectivity index (χ0v) is 12.4. The van der Waals surface area contributed by atoms with Crippen molar-refractivity contribution in [1.82, 2.24) is 0 Å². The molecular weight excluding hydrogens is 318 g/mol. The van der Waals surface area contributed by atoms with Gasteiger partial charge in [0.15, 0.2) is 0 Å². The monoisotopic (exact) mass is 331 g/mol. The van der Waals surface area contributed by atoms with Crippen molar-refractivity contribution in [2.24, 2.45) is 0 Å². The lowest BCUT2D eigenvalue weighted by Crippen LogP contribution is -2.26. The van der Waals surface area contributed by atoms with Crippen LogP contribution in [0.2, 0.25) is 0 Å². The first kappa shape index (κ1) is 13.3. The van der Waals surface area contributed by atoms with Gasteiger partial charge in [-0.3, -0.25) is 10.1 Å². The van der Waals surface area contributed by atoms with E-state index in [1.807, 2.05) is 12.1 Å². The number of non-ortho nitro benzene ring substituents is 1. The van der Waals surface area contributed by atoms with Gasteiger partial charge in [0.1, 0.15) is 0 Å². The number of fused-ring (bicyclic) bond motifs is 1. The predicted octanol–water partition coefficient (Wildman–Crippen LogP) is 4.24. The zero-order valence-electron chi connectivity index (χ0n) is 10.8.